The highest BCUT2D eigenvalue weighted by Crippen LogP contribution is 2.17. The Bertz CT molecular complexity index is 809. The Morgan fingerprint density at radius 2 is 1.59 bits per heavy atom. The van der Waals surface area contributed by atoms with Crippen LogP contribution in [0.4, 0.5) is 4.39 Å². The molecule has 2 amide bonds. The highest BCUT2D eigenvalue weighted by molar-refractivity contribution is 6.30. The fourth-order valence-corrected chi connectivity index (χ4v) is 3.15. The van der Waals surface area contributed by atoms with E-state index < -0.39 is 6.04 Å². The summed E-state index contributed by atoms with van der Waals surface area (Å²) in [4.78, 5) is 27.6. The number of carbonyl (C=O) groups excluding carboxylic acids is 2. The molecule has 0 aliphatic heterocycles. The minimum Gasteiger partial charge on any atom is -0.352 e. The lowest BCUT2D eigenvalue weighted by Crippen LogP contribution is -2.51. The van der Waals surface area contributed by atoms with Crippen molar-refractivity contribution in [2.45, 2.75) is 58.7 Å². The van der Waals surface area contributed by atoms with Gasteiger partial charge in [0.25, 0.3) is 0 Å². The third-order valence-electron chi connectivity index (χ3n) is 4.92. The number of amides is 2. The molecule has 2 atom stereocenters. The van der Waals surface area contributed by atoms with E-state index >= 15 is 0 Å². The molecule has 1 N–H and O–H groups in total. The molecule has 0 saturated carbocycles. The Kier molecular flexibility index (Phi) is 8.65. The summed E-state index contributed by atoms with van der Waals surface area (Å²) in [6, 6.07) is 12.5. The van der Waals surface area contributed by atoms with Crippen molar-refractivity contribution in [3.05, 3.63) is 70.5 Å². The molecule has 2 aromatic carbocycles. The van der Waals surface area contributed by atoms with Gasteiger partial charge in [-0.25, -0.2) is 4.39 Å². The number of carbonyl (C=O) groups is 2. The van der Waals surface area contributed by atoms with Crippen molar-refractivity contribution >= 4 is 23.4 Å². The number of benzene rings is 2. The van der Waals surface area contributed by atoms with Crippen LogP contribution in [-0.2, 0) is 22.6 Å². The molecule has 2 rings (SSSR count). The average Bonchev–Trinajstić information content (AvgIpc) is 2.70. The zero-order valence-corrected chi connectivity index (χ0v) is 17.9. The Morgan fingerprint density at radius 3 is 2.14 bits per heavy atom. The second-order valence-corrected chi connectivity index (χ2v) is 7.63. The Balaban J connectivity index is 2.26. The van der Waals surface area contributed by atoms with Crippen LogP contribution >= 0.6 is 11.6 Å². The standard InChI is InChI=1S/C23H28ClFN2O2/c1-4-16(3)26-23(29)21(5-2)27(15-18-8-12-20(25)13-9-18)22(28)14-17-6-10-19(24)11-7-17/h6-13,16,21H,4-5,14-15H2,1-3H3,(H,26,29). The average molecular weight is 419 g/mol. The van der Waals surface area contributed by atoms with Gasteiger partial charge in [-0.05, 0) is 55.2 Å². The Labute approximate surface area is 177 Å². The van der Waals surface area contributed by atoms with Crippen LogP contribution in [0.1, 0.15) is 44.7 Å². The van der Waals surface area contributed by atoms with Crippen LogP contribution in [0, 0.1) is 5.82 Å². The van der Waals surface area contributed by atoms with E-state index in [1.165, 1.54) is 12.1 Å². The van der Waals surface area contributed by atoms with Gasteiger partial charge in [-0.1, -0.05) is 49.7 Å². The first-order chi connectivity index (χ1) is 13.8. The van der Waals surface area contributed by atoms with Gasteiger partial charge in [-0.15, -0.1) is 0 Å². The van der Waals surface area contributed by atoms with Crippen LogP contribution in [0.3, 0.4) is 0 Å². The molecule has 0 radical (unpaired) electrons. The van der Waals surface area contributed by atoms with Gasteiger partial charge in [0.1, 0.15) is 11.9 Å². The van der Waals surface area contributed by atoms with Crippen LogP contribution in [0.2, 0.25) is 5.02 Å². The zero-order chi connectivity index (χ0) is 21.4. The lowest BCUT2D eigenvalue weighted by Gasteiger charge is -2.31. The van der Waals surface area contributed by atoms with Gasteiger partial charge in [-0.2, -0.15) is 0 Å². The molecule has 156 valence electrons. The first-order valence-corrected chi connectivity index (χ1v) is 10.3. The highest BCUT2D eigenvalue weighted by atomic mass is 35.5. The van der Waals surface area contributed by atoms with Gasteiger partial charge in [-0.3, -0.25) is 9.59 Å². The van der Waals surface area contributed by atoms with E-state index in [4.69, 9.17) is 11.6 Å². The summed E-state index contributed by atoms with van der Waals surface area (Å²) in [7, 11) is 0. The molecule has 6 heteroatoms. The predicted octanol–water partition coefficient (Wildman–Crippen LogP) is 4.74. The van der Waals surface area contributed by atoms with Crippen molar-refractivity contribution in [3.63, 3.8) is 0 Å². The number of hydrogen-bond acceptors (Lipinski definition) is 2. The third kappa shape index (κ3) is 6.86. The number of nitrogens with zero attached hydrogens (tertiary/aromatic N) is 1. The Morgan fingerprint density at radius 1 is 1.00 bits per heavy atom. The molecule has 0 bridgehead atoms. The van der Waals surface area contributed by atoms with Gasteiger partial charge >= 0.3 is 0 Å². The molecule has 0 fully saturated rings. The number of rotatable bonds is 9. The molecule has 0 saturated heterocycles. The molecule has 0 aromatic heterocycles. The largest absolute Gasteiger partial charge is 0.352 e. The first kappa shape index (κ1) is 22.9. The maximum atomic E-state index is 13.3. The monoisotopic (exact) mass is 418 g/mol. The number of nitrogens with one attached hydrogen (secondary N) is 1. The van der Waals surface area contributed by atoms with Gasteiger partial charge < -0.3 is 10.2 Å². The molecule has 29 heavy (non-hydrogen) atoms. The fraction of sp³-hybridized carbons (Fsp3) is 0.391. The predicted molar refractivity (Wildman–Crippen MR) is 114 cm³/mol. The molecule has 0 aliphatic rings. The molecule has 2 aromatic rings. The topological polar surface area (TPSA) is 49.4 Å². The summed E-state index contributed by atoms with van der Waals surface area (Å²) in [5.41, 5.74) is 1.59. The summed E-state index contributed by atoms with van der Waals surface area (Å²) in [5.74, 6) is -0.675. The van der Waals surface area contributed by atoms with Gasteiger partial charge in [0.05, 0.1) is 6.42 Å². The second-order valence-electron chi connectivity index (χ2n) is 7.19. The van der Waals surface area contributed by atoms with Crippen LogP contribution < -0.4 is 5.32 Å². The quantitative estimate of drug-likeness (QED) is 0.639. The normalized spacial score (nSPS) is 12.9. The summed E-state index contributed by atoms with van der Waals surface area (Å²) < 4.78 is 13.3. The summed E-state index contributed by atoms with van der Waals surface area (Å²) in [6.07, 6.45) is 1.44. The van der Waals surface area contributed by atoms with Crippen LogP contribution in [0.25, 0.3) is 0 Å². The van der Waals surface area contributed by atoms with E-state index in [0.29, 0.717) is 11.4 Å². The molecular formula is C23H28ClFN2O2. The van der Waals surface area contributed by atoms with E-state index in [1.807, 2.05) is 20.8 Å². The minimum atomic E-state index is -0.603. The van der Waals surface area contributed by atoms with Gasteiger partial charge in [0, 0.05) is 17.6 Å². The van der Waals surface area contributed by atoms with Crippen molar-refractivity contribution in [1.29, 1.82) is 0 Å². The zero-order valence-electron chi connectivity index (χ0n) is 17.1. The van der Waals surface area contributed by atoms with E-state index in [9.17, 15) is 14.0 Å². The fourth-order valence-electron chi connectivity index (χ4n) is 3.03. The molecule has 0 heterocycles. The van der Waals surface area contributed by atoms with E-state index in [0.717, 1.165) is 17.5 Å². The van der Waals surface area contributed by atoms with E-state index in [1.54, 1.807) is 41.3 Å². The van der Waals surface area contributed by atoms with Crippen molar-refractivity contribution in [1.82, 2.24) is 10.2 Å². The molecule has 0 aliphatic carbocycles. The third-order valence-corrected chi connectivity index (χ3v) is 5.17. The van der Waals surface area contributed by atoms with Crippen LogP contribution in [-0.4, -0.2) is 28.8 Å². The molecular weight excluding hydrogens is 391 g/mol. The van der Waals surface area contributed by atoms with E-state index in [-0.39, 0.29) is 36.6 Å². The maximum absolute atomic E-state index is 13.3. The second kappa shape index (κ2) is 11.0. The van der Waals surface area contributed by atoms with Crippen LogP contribution in [0.5, 0.6) is 0 Å². The Hall–Kier alpha value is -2.40. The van der Waals surface area contributed by atoms with Crippen molar-refractivity contribution < 1.29 is 14.0 Å². The smallest absolute Gasteiger partial charge is 0.243 e. The SMILES string of the molecule is CCC(C)NC(=O)C(CC)N(Cc1ccc(F)cc1)C(=O)Cc1ccc(Cl)cc1. The van der Waals surface area contributed by atoms with Gasteiger partial charge in [0.15, 0.2) is 0 Å². The van der Waals surface area contributed by atoms with Gasteiger partial charge in [0.2, 0.25) is 11.8 Å². The summed E-state index contributed by atoms with van der Waals surface area (Å²) in [5, 5.41) is 3.57. The first-order valence-electron chi connectivity index (χ1n) is 9.92. The number of halogens is 2. The van der Waals surface area contributed by atoms with Crippen molar-refractivity contribution in [3.8, 4) is 0 Å². The number of hydrogen-bond donors (Lipinski definition) is 1. The lowest BCUT2D eigenvalue weighted by molar-refractivity contribution is -0.141. The van der Waals surface area contributed by atoms with Crippen molar-refractivity contribution in [2.24, 2.45) is 0 Å². The molecule has 0 spiro atoms. The van der Waals surface area contributed by atoms with Crippen molar-refractivity contribution in [2.75, 3.05) is 0 Å². The molecule has 2 unspecified atom stereocenters. The van der Waals surface area contributed by atoms with E-state index in [2.05, 4.69) is 5.32 Å². The lowest BCUT2D eigenvalue weighted by atomic mass is 10.1. The maximum Gasteiger partial charge on any atom is 0.243 e. The van der Waals surface area contributed by atoms with Crippen LogP contribution in [0.15, 0.2) is 48.5 Å². The highest BCUT2D eigenvalue weighted by Gasteiger charge is 2.29. The molecule has 4 nitrogen and oxygen atoms in total. The minimum absolute atomic E-state index is 0.0237. The summed E-state index contributed by atoms with van der Waals surface area (Å²) in [6.45, 7) is 6.05. The summed E-state index contributed by atoms with van der Waals surface area (Å²) >= 11 is 5.93.